The molecule has 0 unspecified atom stereocenters. The molecule has 0 aliphatic heterocycles. The molecule has 0 aromatic heterocycles. The van der Waals surface area contributed by atoms with Gasteiger partial charge in [0.15, 0.2) is 0 Å². The van der Waals surface area contributed by atoms with Crippen molar-refractivity contribution in [1.29, 1.82) is 0 Å². The monoisotopic (exact) mass is 602 g/mol. The standard InChI is InChI=1S/C28H26N2S.C6H6.Ru/c1-19-13-20(2)16-23(15-19)29-25-9-5-7-11-27(25)31-28-12-8-6-10-26(28)30-24-17-21(3)14-22(4)18-24;1-2-4-6-5-3-1;/h5-18H,1-4H3;1-6H;/q-2;;+2. The molecule has 192 valence electrons. The van der Waals surface area contributed by atoms with E-state index in [1.165, 1.54) is 22.3 Å². The van der Waals surface area contributed by atoms with Gasteiger partial charge in [-0.1, -0.05) is 143 Å². The Balaban J connectivity index is 0.000000504. The van der Waals surface area contributed by atoms with Crippen molar-refractivity contribution in [2.45, 2.75) is 37.5 Å². The molecule has 5 aromatic rings. The van der Waals surface area contributed by atoms with Crippen molar-refractivity contribution in [3.05, 3.63) is 154 Å². The van der Waals surface area contributed by atoms with Crippen molar-refractivity contribution in [3.8, 4) is 0 Å². The van der Waals surface area contributed by atoms with E-state index >= 15 is 0 Å². The van der Waals surface area contributed by atoms with E-state index in [1.807, 2.05) is 48.5 Å². The molecule has 0 saturated heterocycles. The molecule has 0 spiro atoms. The van der Waals surface area contributed by atoms with E-state index in [4.69, 9.17) is 10.6 Å². The van der Waals surface area contributed by atoms with Crippen molar-refractivity contribution in [2.75, 3.05) is 0 Å². The minimum Gasteiger partial charge on any atom is -0.657 e. The van der Waals surface area contributed by atoms with E-state index < -0.39 is 0 Å². The van der Waals surface area contributed by atoms with Gasteiger partial charge in [0.05, 0.1) is 0 Å². The van der Waals surface area contributed by atoms with E-state index in [0.717, 1.165) is 32.5 Å². The predicted octanol–water partition coefficient (Wildman–Crippen LogP) is 11.4. The first-order chi connectivity index (χ1) is 18.0. The molecule has 0 aliphatic rings. The smallest absolute Gasteiger partial charge is 0.657 e. The Labute approximate surface area is 244 Å². The van der Waals surface area contributed by atoms with Crippen molar-refractivity contribution in [3.63, 3.8) is 0 Å². The van der Waals surface area contributed by atoms with E-state index in [-0.39, 0.29) is 19.5 Å². The van der Waals surface area contributed by atoms with Gasteiger partial charge in [0.1, 0.15) is 0 Å². The molecule has 0 aliphatic carbocycles. The fraction of sp³-hybridized carbons (Fsp3) is 0.118. The first-order valence-corrected chi connectivity index (χ1v) is 13.2. The van der Waals surface area contributed by atoms with E-state index in [1.54, 1.807) is 11.8 Å². The van der Waals surface area contributed by atoms with Gasteiger partial charge in [-0.2, -0.15) is 0 Å². The average molecular weight is 602 g/mol. The number of rotatable bonds is 6. The molecular weight excluding hydrogens is 570 g/mol. The van der Waals surface area contributed by atoms with Gasteiger partial charge in [-0.15, -0.1) is 22.7 Å². The molecule has 0 heterocycles. The maximum absolute atomic E-state index is 4.94. The minimum absolute atomic E-state index is 0. The zero-order valence-corrected chi connectivity index (χ0v) is 24.8. The van der Waals surface area contributed by atoms with Crippen molar-refractivity contribution in [1.82, 2.24) is 0 Å². The third-order valence-corrected chi connectivity index (χ3v) is 6.66. The first kappa shape index (κ1) is 29.2. The predicted molar refractivity (Wildman–Crippen MR) is 161 cm³/mol. The van der Waals surface area contributed by atoms with E-state index in [9.17, 15) is 0 Å². The van der Waals surface area contributed by atoms with Crippen molar-refractivity contribution < 1.29 is 19.5 Å². The van der Waals surface area contributed by atoms with Crippen LogP contribution in [0.15, 0.2) is 131 Å². The maximum atomic E-state index is 4.94. The van der Waals surface area contributed by atoms with Crippen LogP contribution in [0.5, 0.6) is 0 Å². The van der Waals surface area contributed by atoms with Crippen LogP contribution in [-0.2, 0) is 19.5 Å². The van der Waals surface area contributed by atoms with Gasteiger partial charge in [0.25, 0.3) is 0 Å². The Kier molecular flexibility index (Phi) is 11.2. The molecule has 0 N–H and O–H groups in total. The van der Waals surface area contributed by atoms with Crippen LogP contribution in [0, 0.1) is 27.7 Å². The second-order valence-corrected chi connectivity index (χ2v) is 10.2. The summed E-state index contributed by atoms with van der Waals surface area (Å²) in [5.74, 6) is 0. The van der Waals surface area contributed by atoms with Gasteiger partial charge in [0, 0.05) is 0 Å². The van der Waals surface area contributed by atoms with E-state index in [0.29, 0.717) is 0 Å². The molecule has 5 rings (SSSR count). The molecule has 2 nitrogen and oxygen atoms in total. The van der Waals surface area contributed by atoms with Gasteiger partial charge in [0.2, 0.25) is 0 Å². The van der Waals surface area contributed by atoms with Gasteiger partial charge in [-0.25, -0.2) is 0 Å². The Bertz CT molecular complexity index is 1290. The number of benzene rings is 5. The normalized spacial score (nSPS) is 10.0. The van der Waals surface area contributed by atoms with Gasteiger partial charge >= 0.3 is 19.5 Å². The minimum atomic E-state index is 0. The van der Waals surface area contributed by atoms with Crippen molar-refractivity contribution >= 4 is 34.5 Å². The summed E-state index contributed by atoms with van der Waals surface area (Å²) < 4.78 is 0. The van der Waals surface area contributed by atoms with Crippen LogP contribution in [0.25, 0.3) is 10.6 Å². The van der Waals surface area contributed by atoms with Crippen LogP contribution in [0.1, 0.15) is 22.3 Å². The summed E-state index contributed by atoms with van der Waals surface area (Å²) >= 11 is 1.71. The van der Waals surface area contributed by atoms with Crippen LogP contribution in [0.2, 0.25) is 0 Å². The number of nitrogens with zero attached hydrogens (tertiary/aromatic N) is 2. The molecule has 0 amide bonds. The quantitative estimate of drug-likeness (QED) is 0.178. The molecule has 0 atom stereocenters. The summed E-state index contributed by atoms with van der Waals surface area (Å²) in [6, 6.07) is 41.4. The summed E-state index contributed by atoms with van der Waals surface area (Å²) in [5, 5.41) is 9.89. The third-order valence-electron chi connectivity index (χ3n) is 5.53. The zero-order valence-electron chi connectivity index (χ0n) is 22.2. The number of para-hydroxylation sites is 2. The van der Waals surface area contributed by atoms with Gasteiger partial charge in [-0.05, 0) is 49.6 Å². The number of hydrogen-bond donors (Lipinski definition) is 0. The first-order valence-electron chi connectivity index (χ1n) is 12.4. The molecule has 5 aromatic carbocycles. The second-order valence-electron chi connectivity index (χ2n) is 9.11. The largest absolute Gasteiger partial charge is 2.00 e. The van der Waals surface area contributed by atoms with Crippen LogP contribution < -0.4 is 0 Å². The molecule has 38 heavy (non-hydrogen) atoms. The summed E-state index contributed by atoms with van der Waals surface area (Å²) in [4.78, 5) is 2.23. The zero-order chi connectivity index (χ0) is 26.0. The van der Waals surface area contributed by atoms with Crippen LogP contribution in [0.4, 0.5) is 22.7 Å². The SMILES string of the molecule is Cc1cc(C)cc([N-]c2ccccc2Sc2ccccc2[N-]c2cc(C)cc(C)c2)c1.[Ru+2].c1ccccc1. The van der Waals surface area contributed by atoms with Gasteiger partial charge in [-0.3, -0.25) is 0 Å². The fourth-order valence-electron chi connectivity index (χ4n) is 4.08. The summed E-state index contributed by atoms with van der Waals surface area (Å²) in [6.07, 6.45) is 0. The second kappa shape index (κ2) is 14.6. The van der Waals surface area contributed by atoms with E-state index in [2.05, 4.69) is 100 Å². The topological polar surface area (TPSA) is 28.2 Å². The average Bonchev–Trinajstić information content (AvgIpc) is 2.87. The van der Waals surface area contributed by atoms with Crippen LogP contribution >= 0.6 is 11.8 Å². The maximum Gasteiger partial charge on any atom is 2.00 e. The summed E-state index contributed by atoms with van der Waals surface area (Å²) in [5.41, 5.74) is 8.81. The Morgan fingerprint density at radius 3 is 1.08 bits per heavy atom. The molecular formula is C34H32N2RuS. The Morgan fingerprint density at radius 2 is 0.737 bits per heavy atom. The van der Waals surface area contributed by atoms with Crippen molar-refractivity contribution in [2.24, 2.45) is 0 Å². The summed E-state index contributed by atoms with van der Waals surface area (Å²) in [6.45, 7) is 8.43. The molecule has 0 radical (unpaired) electrons. The number of aryl methyl sites for hydroxylation is 4. The van der Waals surface area contributed by atoms with Gasteiger partial charge < -0.3 is 10.6 Å². The number of hydrogen-bond acceptors (Lipinski definition) is 1. The molecule has 4 heteroatoms. The molecule has 0 fully saturated rings. The third kappa shape index (κ3) is 8.90. The fourth-order valence-corrected chi connectivity index (χ4v) is 5.05. The molecule has 0 saturated carbocycles. The van der Waals surface area contributed by atoms with Crippen LogP contribution in [-0.4, -0.2) is 0 Å². The molecule has 0 bridgehead atoms. The Hall–Kier alpha value is -3.33. The van der Waals surface area contributed by atoms with Crippen LogP contribution in [0.3, 0.4) is 0 Å². The Morgan fingerprint density at radius 1 is 0.421 bits per heavy atom. The summed E-state index contributed by atoms with van der Waals surface area (Å²) in [7, 11) is 0.